The maximum Gasteiger partial charge on any atom is 0.311 e. The van der Waals surface area contributed by atoms with E-state index in [1.807, 2.05) is 26.0 Å². The van der Waals surface area contributed by atoms with Crippen molar-refractivity contribution in [3.05, 3.63) is 56.0 Å². The normalized spacial score (nSPS) is 16.0. The fraction of sp³-hybridized carbons (Fsp3) is 0.286. The lowest BCUT2D eigenvalue weighted by atomic mass is 10.1. The van der Waals surface area contributed by atoms with Crippen LogP contribution in [0.2, 0.25) is 10.0 Å². The van der Waals surface area contributed by atoms with Crippen LogP contribution in [0, 0.1) is 19.8 Å². The average molecular weight is 514 g/mol. The number of rotatable bonds is 5. The number of benzene rings is 2. The van der Waals surface area contributed by atoms with Crippen LogP contribution in [-0.4, -0.2) is 30.9 Å². The predicted octanol–water partition coefficient (Wildman–Crippen LogP) is 4.91. The number of anilines is 2. The van der Waals surface area contributed by atoms with Gasteiger partial charge in [-0.2, -0.15) is 0 Å². The Hall–Kier alpha value is -2.09. The number of amides is 2. The summed E-state index contributed by atoms with van der Waals surface area (Å²) in [7, 11) is 0. The fourth-order valence-corrected chi connectivity index (χ4v) is 3.90. The molecule has 0 aromatic heterocycles. The summed E-state index contributed by atoms with van der Waals surface area (Å²) in [6, 6.07) is 8.60. The molecule has 9 heteroatoms. The molecule has 1 fully saturated rings. The first-order valence-corrected chi connectivity index (χ1v) is 10.7. The summed E-state index contributed by atoms with van der Waals surface area (Å²) in [6.45, 7) is 3.52. The first kappa shape index (κ1) is 22.6. The van der Waals surface area contributed by atoms with Gasteiger partial charge in [-0.1, -0.05) is 45.2 Å². The summed E-state index contributed by atoms with van der Waals surface area (Å²) in [5.74, 6) is -2.00. The van der Waals surface area contributed by atoms with Gasteiger partial charge in [0.25, 0.3) is 5.91 Å². The van der Waals surface area contributed by atoms with E-state index in [0.717, 1.165) is 15.6 Å². The van der Waals surface area contributed by atoms with Crippen molar-refractivity contribution in [2.24, 2.45) is 5.92 Å². The third-order valence-corrected chi connectivity index (χ3v) is 6.81. The highest BCUT2D eigenvalue weighted by Crippen LogP contribution is 2.36. The molecule has 1 saturated heterocycles. The van der Waals surface area contributed by atoms with Gasteiger partial charge in [0, 0.05) is 23.1 Å². The van der Waals surface area contributed by atoms with Gasteiger partial charge < -0.3 is 15.0 Å². The quantitative estimate of drug-likeness (QED) is 0.576. The summed E-state index contributed by atoms with van der Waals surface area (Å²) >= 11 is 15.7. The summed E-state index contributed by atoms with van der Waals surface area (Å²) in [6.07, 6.45) is -0.0194. The predicted molar refractivity (Wildman–Crippen MR) is 120 cm³/mol. The van der Waals surface area contributed by atoms with Gasteiger partial charge in [-0.15, -0.1) is 0 Å². The molecule has 0 aliphatic carbocycles. The van der Waals surface area contributed by atoms with E-state index < -0.39 is 24.4 Å². The Bertz CT molecular complexity index is 1010. The van der Waals surface area contributed by atoms with Gasteiger partial charge >= 0.3 is 5.97 Å². The van der Waals surface area contributed by atoms with Crippen molar-refractivity contribution < 1.29 is 19.1 Å². The van der Waals surface area contributed by atoms with Crippen LogP contribution in [0.4, 0.5) is 11.4 Å². The number of nitrogens with one attached hydrogen (secondary N) is 1. The van der Waals surface area contributed by atoms with Crippen LogP contribution in [0.1, 0.15) is 17.5 Å². The fourth-order valence-electron chi connectivity index (χ4n) is 3.27. The Morgan fingerprint density at radius 1 is 1.23 bits per heavy atom. The van der Waals surface area contributed by atoms with E-state index in [1.165, 1.54) is 4.90 Å². The summed E-state index contributed by atoms with van der Waals surface area (Å²) in [4.78, 5) is 38.3. The Morgan fingerprint density at radius 3 is 2.57 bits per heavy atom. The first-order chi connectivity index (χ1) is 14.2. The highest BCUT2D eigenvalue weighted by atomic mass is 79.9. The minimum absolute atomic E-state index is 0.0194. The summed E-state index contributed by atoms with van der Waals surface area (Å²) < 4.78 is 6.11. The minimum Gasteiger partial charge on any atom is -0.455 e. The Labute approximate surface area is 192 Å². The molecule has 2 aromatic rings. The van der Waals surface area contributed by atoms with Crippen molar-refractivity contribution in [1.29, 1.82) is 0 Å². The number of ether oxygens (including phenoxy) is 1. The number of esters is 1. The van der Waals surface area contributed by atoms with E-state index in [1.54, 1.807) is 18.2 Å². The molecule has 0 radical (unpaired) electrons. The average Bonchev–Trinajstić information content (AvgIpc) is 3.08. The second-order valence-electron chi connectivity index (χ2n) is 7.06. The zero-order chi connectivity index (χ0) is 22.0. The van der Waals surface area contributed by atoms with Crippen molar-refractivity contribution in [3.63, 3.8) is 0 Å². The molecule has 158 valence electrons. The topological polar surface area (TPSA) is 75.7 Å². The SMILES string of the molecule is Cc1cc(NC(=O)COC(=O)[C@H]2CC(=O)N(c3cccc(Cl)c3Cl)C2)cc(C)c1Br. The van der Waals surface area contributed by atoms with Crippen LogP contribution < -0.4 is 10.2 Å². The number of carbonyl (C=O) groups is 3. The van der Waals surface area contributed by atoms with Crippen LogP contribution >= 0.6 is 39.1 Å². The number of hydrogen-bond donors (Lipinski definition) is 1. The van der Waals surface area contributed by atoms with E-state index in [0.29, 0.717) is 16.4 Å². The van der Waals surface area contributed by atoms with Crippen molar-refractivity contribution in [2.45, 2.75) is 20.3 Å². The molecule has 1 heterocycles. The number of carbonyl (C=O) groups excluding carboxylic acids is 3. The van der Waals surface area contributed by atoms with Crippen LogP contribution in [0.25, 0.3) is 0 Å². The van der Waals surface area contributed by atoms with Crippen molar-refractivity contribution >= 4 is 68.3 Å². The molecule has 1 aliphatic heterocycles. The maximum atomic E-state index is 12.4. The maximum absolute atomic E-state index is 12.4. The summed E-state index contributed by atoms with van der Waals surface area (Å²) in [5, 5.41) is 3.28. The van der Waals surface area contributed by atoms with Gasteiger partial charge in [0.05, 0.1) is 21.7 Å². The third-order valence-electron chi connectivity index (χ3n) is 4.75. The second-order valence-corrected chi connectivity index (χ2v) is 8.64. The van der Waals surface area contributed by atoms with E-state index in [4.69, 9.17) is 27.9 Å². The molecule has 6 nitrogen and oxygen atoms in total. The zero-order valence-corrected chi connectivity index (χ0v) is 19.4. The molecule has 1 N–H and O–H groups in total. The Kier molecular flexibility index (Phi) is 7.06. The smallest absolute Gasteiger partial charge is 0.311 e. The van der Waals surface area contributed by atoms with E-state index >= 15 is 0 Å². The molecule has 1 atom stereocenters. The second kappa shape index (κ2) is 9.37. The zero-order valence-electron chi connectivity index (χ0n) is 16.3. The number of nitrogens with zero attached hydrogens (tertiary/aromatic N) is 1. The molecule has 1 aliphatic rings. The van der Waals surface area contributed by atoms with Gasteiger partial charge in [0.1, 0.15) is 0 Å². The third kappa shape index (κ3) is 4.96. The van der Waals surface area contributed by atoms with Crippen LogP contribution in [-0.2, 0) is 19.1 Å². The van der Waals surface area contributed by atoms with Gasteiger partial charge in [-0.05, 0) is 49.2 Å². The van der Waals surface area contributed by atoms with Crippen LogP contribution in [0.15, 0.2) is 34.8 Å². The van der Waals surface area contributed by atoms with E-state index in [2.05, 4.69) is 21.2 Å². The van der Waals surface area contributed by atoms with E-state index in [-0.39, 0.29) is 23.9 Å². The monoisotopic (exact) mass is 512 g/mol. The Balaban J connectivity index is 1.57. The molecule has 2 amide bonds. The highest BCUT2D eigenvalue weighted by molar-refractivity contribution is 9.10. The Morgan fingerprint density at radius 2 is 1.90 bits per heavy atom. The lowest BCUT2D eigenvalue weighted by molar-refractivity contribution is -0.151. The molecule has 2 aromatic carbocycles. The number of aryl methyl sites for hydroxylation is 2. The molecule has 0 saturated carbocycles. The van der Waals surface area contributed by atoms with E-state index in [9.17, 15) is 14.4 Å². The van der Waals surface area contributed by atoms with Crippen LogP contribution in [0.3, 0.4) is 0 Å². The lowest BCUT2D eigenvalue weighted by Gasteiger charge is -2.18. The van der Waals surface area contributed by atoms with Crippen LogP contribution in [0.5, 0.6) is 0 Å². The molecule has 0 bridgehead atoms. The van der Waals surface area contributed by atoms with Crippen molar-refractivity contribution in [2.75, 3.05) is 23.4 Å². The van der Waals surface area contributed by atoms with Gasteiger partial charge in [0.2, 0.25) is 5.91 Å². The first-order valence-electron chi connectivity index (χ1n) is 9.15. The largest absolute Gasteiger partial charge is 0.455 e. The number of halogens is 3. The van der Waals surface area contributed by atoms with Crippen molar-refractivity contribution in [1.82, 2.24) is 0 Å². The highest BCUT2D eigenvalue weighted by Gasteiger charge is 2.37. The summed E-state index contributed by atoms with van der Waals surface area (Å²) in [5.41, 5.74) is 3.02. The van der Waals surface area contributed by atoms with Gasteiger partial charge in [0.15, 0.2) is 6.61 Å². The molecule has 0 unspecified atom stereocenters. The van der Waals surface area contributed by atoms with Crippen molar-refractivity contribution in [3.8, 4) is 0 Å². The molecule has 30 heavy (non-hydrogen) atoms. The van der Waals surface area contributed by atoms with Gasteiger partial charge in [-0.3, -0.25) is 14.4 Å². The molecular weight excluding hydrogens is 495 g/mol. The lowest BCUT2D eigenvalue weighted by Crippen LogP contribution is -2.28. The minimum atomic E-state index is -0.683. The standard InChI is InChI=1S/C21H19BrCl2N2O4/c1-11-6-14(7-12(2)19(11)22)25-17(27)10-30-21(29)13-8-18(28)26(9-13)16-5-3-4-15(23)20(16)24/h3-7,13H,8-10H2,1-2H3,(H,25,27)/t13-/m0/s1. The number of hydrogen-bond acceptors (Lipinski definition) is 4. The molecule has 3 rings (SSSR count). The van der Waals surface area contributed by atoms with Gasteiger partial charge in [-0.25, -0.2) is 0 Å². The molecular formula is C21H19BrCl2N2O4. The molecule has 0 spiro atoms.